The fourth-order valence-electron chi connectivity index (χ4n) is 4.74. The number of benzene rings is 1. The number of hydrogen-bond donors (Lipinski definition) is 0. The number of carbonyl (C=O) groups is 2. The summed E-state index contributed by atoms with van der Waals surface area (Å²) in [6.45, 7) is 8.89. The Hall–Kier alpha value is -1.10. The van der Waals surface area contributed by atoms with E-state index in [0.717, 1.165) is 0 Å². The molecule has 4 nitrogen and oxygen atoms in total. The van der Waals surface area contributed by atoms with Gasteiger partial charge in [-0.3, -0.25) is 0 Å². The van der Waals surface area contributed by atoms with Crippen LogP contribution in [0.25, 0.3) is 0 Å². The predicted molar refractivity (Wildman–Crippen MR) is 112 cm³/mol. The third-order valence-electron chi connectivity index (χ3n) is 6.77. The van der Waals surface area contributed by atoms with Gasteiger partial charge in [-0.25, -0.2) is 0 Å². The Morgan fingerprint density at radius 2 is 1.52 bits per heavy atom. The summed E-state index contributed by atoms with van der Waals surface area (Å²) in [4.78, 5) is 25.5. The van der Waals surface area contributed by atoms with Gasteiger partial charge in [-0.1, -0.05) is 0 Å². The monoisotopic (exact) mass is 456 g/mol. The first-order chi connectivity index (χ1) is 12.9. The number of esters is 2. The number of hydrogen-bond acceptors (Lipinski definition) is 4. The van der Waals surface area contributed by atoms with Crippen LogP contribution in [-0.2, 0) is 19.1 Å². The molecule has 2 rings (SSSR count). The van der Waals surface area contributed by atoms with Crippen molar-refractivity contribution in [1.29, 1.82) is 0 Å². The molecule has 1 aromatic rings. The average Bonchev–Trinajstić information content (AvgIpc) is 3.33. The van der Waals surface area contributed by atoms with E-state index < -0.39 is 25.4 Å². The minimum absolute atomic E-state index is 0.0177. The summed E-state index contributed by atoms with van der Waals surface area (Å²) in [5, 5.41) is 0. The van der Waals surface area contributed by atoms with Gasteiger partial charge >= 0.3 is 171 Å². The normalized spacial score (nSPS) is 22.0. The van der Waals surface area contributed by atoms with Crippen molar-refractivity contribution in [2.75, 3.05) is 14.2 Å². The Morgan fingerprint density at radius 1 is 1.04 bits per heavy atom. The molecule has 0 aliphatic heterocycles. The van der Waals surface area contributed by atoms with E-state index in [9.17, 15) is 9.59 Å². The molecular formula is C21H32O4SeSi. The molecule has 27 heavy (non-hydrogen) atoms. The van der Waals surface area contributed by atoms with Crippen molar-refractivity contribution >= 4 is 39.4 Å². The van der Waals surface area contributed by atoms with Gasteiger partial charge in [0.05, 0.1) is 0 Å². The van der Waals surface area contributed by atoms with E-state index in [1.54, 1.807) is 0 Å². The first-order valence-electron chi connectivity index (χ1n) is 9.78. The van der Waals surface area contributed by atoms with Crippen LogP contribution in [0.5, 0.6) is 0 Å². The van der Waals surface area contributed by atoms with E-state index >= 15 is 0 Å². The fraction of sp³-hybridized carbons (Fsp3) is 0.619. The molecule has 6 heteroatoms. The van der Waals surface area contributed by atoms with Crippen LogP contribution in [0.3, 0.4) is 0 Å². The Balaban J connectivity index is 2.53. The molecule has 0 unspecified atom stereocenters. The van der Waals surface area contributed by atoms with Crippen molar-refractivity contribution in [3.63, 3.8) is 0 Å². The Kier molecular flexibility index (Phi) is 7.34. The molecule has 1 fully saturated rings. The molecule has 1 aliphatic carbocycles. The van der Waals surface area contributed by atoms with E-state index in [0.29, 0.717) is 4.44 Å². The molecule has 3 atom stereocenters. The number of rotatable bonds is 9. The van der Waals surface area contributed by atoms with Gasteiger partial charge < -0.3 is 0 Å². The first-order valence-corrected chi connectivity index (χ1v) is 14.3. The van der Waals surface area contributed by atoms with Gasteiger partial charge in [-0.2, -0.15) is 0 Å². The summed E-state index contributed by atoms with van der Waals surface area (Å²) in [7, 11) is 1.08. The van der Waals surface area contributed by atoms with E-state index in [1.165, 1.54) is 36.8 Å². The molecule has 150 valence electrons. The van der Waals surface area contributed by atoms with Gasteiger partial charge in [0.15, 0.2) is 0 Å². The number of methoxy groups -OCH3 is 2. The number of ether oxygens (including phenoxy) is 2. The molecule has 0 spiro atoms. The van der Waals surface area contributed by atoms with Gasteiger partial charge in [-0.15, -0.1) is 0 Å². The summed E-state index contributed by atoms with van der Waals surface area (Å²) in [6.07, 6.45) is 0. The van der Waals surface area contributed by atoms with Crippen molar-refractivity contribution in [3.8, 4) is 0 Å². The van der Waals surface area contributed by atoms with Crippen LogP contribution < -0.4 is 4.46 Å². The molecule has 1 saturated carbocycles. The van der Waals surface area contributed by atoms with Crippen LogP contribution >= 0.6 is 0 Å². The van der Waals surface area contributed by atoms with Crippen LogP contribution in [0, 0.1) is 17.3 Å². The van der Waals surface area contributed by atoms with E-state index in [1.807, 2.05) is 13.0 Å². The zero-order chi connectivity index (χ0) is 20.2. The first kappa shape index (κ1) is 22.2. The molecule has 1 aliphatic rings. The summed E-state index contributed by atoms with van der Waals surface area (Å²) >= 11 is 0.207. The van der Waals surface area contributed by atoms with Crippen molar-refractivity contribution in [2.45, 2.75) is 50.3 Å². The molecule has 0 radical (unpaired) electrons. The van der Waals surface area contributed by atoms with Crippen molar-refractivity contribution in [2.24, 2.45) is 17.3 Å². The second-order valence-electron chi connectivity index (χ2n) is 7.44. The summed E-state index contributed by atoms with van der Waals surface area (Å²) in [5.41, 5.74) is -1.12. The maximum atomic E-state index is 12.8. The second kappa shape index (κ2) is 8.93. The fourth-order valence-corrected chi connectivity index (χ4v) is 17.0. The molecular weight excluding hydrogens is 423 g/mol. The quantitative estimate of drug-likeness (QED) is 0.325. The van der Waals surface area contributed by atoms with Gasteiger partial charge in [0.2, 0.25) is 0 Å². The predicted octanol–water partition coefficient (Wildman–Crippen LogP) is 3.45. The van der Waals surface area contributed by atoms with Crippen LogP contribution in [0.1, 0.15) is 27.7 Å². The Morgan fingerprint density at radius 3 is 1.93 bits per heavy atom. The SMILES string of the molecule is CC[Si](CC)(CC)[C@@H]([Se]c1ccccc1)[C@H]1[C@@H](C)C1(C(=O)OC)C(=O)OC. The van der Waals surface area contributed by atoms with E-state index in [4.69, 9.17) is 9.47 Å². The molecule has 0 bridgehead atoms. The van der Waals surface area contributed by atoms with E-state index in [-0.39, 0.29) is 26.8 Å². The second-order valence-corrected chi connectivity index (χ2v) is 16.4. The number of carbonyl (C=O) groups excluding carboxylic acids is 2. The Bertz CT molecular complexity index is 635. The van der Waals surface area contributed by atoms with Crippen molar-refractivity contribution in [3.05, 3.63) is 30.3 Å². The van der Waals surface area contributed by atoms with Crippen molar-refractivity contribution < 1.29 is 19.1 Å². The molecule has 1 aromatic carbocycles. The zero-order valence-electron chi connectivity index (χ0n) is 17.3. The van der Waals surface area contributed by atoms with Crippen molar-refractivity contribution in [1.82, 2.24) is 0 Å². The van der Waals surface area contributed by atoms with Crippen LogP contribution in [0.4, 0.5) is 0 Å². The zero-order valence-corrected chi connectivity index (χ0v) is 20.0. The summed E-state index contributed by atoms with van der Waals surface area (Å²) in [6, 6.07) is 14.0. The molecule has 0 amide bonds. The van der Waals surface area contributed by atoms with Gasteiger partial charge in [0.25, 0.3) is 0 Å². The third-order valence-corrected chi connectivity index (χ3v) is 18.6. The maximum absolute atomic E-state index is 12.8. The van der Waals surface area contributed by atoms with Gasteiger partial charge in [0, 0.05) is 0 Å². The Labute approximate surface area is 170 Å². The summed E-state index contributed by atoms with van der Waals surface area (Å²) < 4.78 is 11.9. The topological polar surface area (TPSA) is 52.6 Å². The minimum atomic E-state index is -1.67. The average molecular weight is 456 g/mol. The molecule has 0 heterocycles. The van der Waals surface area contributed by atoms with Gasteiger partial charge in [-0.05, 0) is 0 Å². The van der Waals surface area contributed by atoms with E-state index in [2.05, 4.69) is 45.0 Å². The summed E-state index contributed by atoms with van der Waals surface area (Å²) in [5.74, 6) is -0.868. The van der Waals surface area contributed by atoms with Gasteiger partial charge in [0.1, 0.15) is 0 Å². The van der Waals surface area contributed by atoms with Crippen LogP contribution in [-0.4, -0.2) is 49.2 Å². The standard InChI is InChI=1S/C21H32O4SeSi/c1-7-27(8-2,9-3)18(26-16-13-11-10-12-14-16)17-15(4)21(17,19(22)24-5)20(23)25-6/h10-15,17-18H,7-9H2,1-6H3/t15-,17-,18-/m1/s1. The van der Waals surface area contributed by atoms with Crippen LogP contribution in [0.2, 0.25) is 22.6 Å². The molecule has 0 N–H and O–H groups in total. The third kappa shape index (κ3) is 3.64. The molecule has 0 aromatic heterocycles. The molecule has 0 saturated heterocycles. The van der Waals surface area contributed by atoms with Crippen LogP contribution in [0.15, 0.2) is 30.3 Å².